The molecule has 0 aromatic rings. The van der Waals surface area contributed by atoms with E-state index in [1.165, 1.54) is 26.2 Å². The third-order valence-corrected chi connectivity index (χ3v) is 2.14. The summed E-state index contributed by atoms with van der Waals surface area (Å²) in [6.45, 7) is 6.09. The SMILES string of the molecule is C=CN(C=C(C)C(=O)O)C(C)=O.O=C(O)C=C(CC(=O)O)C(=O)O. The molecule has 0 fully saturated rings. The molecular weight excluding hydrogens is 326 g/mol. The van der Waals surface area contributed by atoms with Crippen LogP contribution in [-0.4, -0.2) is 55.1 Å². The summed E-state index contributed by atoms with van der Waals surface area (Å²) in [6, 6.07) is 0. The van der Waals surface area contributed by atoms with Crippen molar-refractivity contribution in [2.75, 3.05) is 0 Å². The number of hydrogen-bond acceptors (Lipinski definition) is 5. The predicted molar refractivity (Wildman–Crippen MR) is 79.7 cm³/mol. The summed E-state index contributed by atoms with van der Waals surface area (Å²) >= 11 is 0. The van der Waals surface area contributed by atoms with Crippen LogP contribution in [0.4, 0.5) is 0 Å². The number of carboxylic acid groups (broad SMARTS) is 4. The smallest absolute Gasteiger partial charge is 0.332 e. The van der Waals surface area contributed by atoms with Gasteiger partial charge in [0.2, 0.25) is 5.91 Å². The van der Waals surface area contributed by atoms with Gasteiger partial charge in [-0.3, -0.25) is 14.5 Å². The molecule has 24 heavy (non-hydrogen) atoms. The highest BCUT2D eigenvalue weighted by Crippen LogP contribution is 2.01. The van der Waals surface area contributed by atoms with Crippen molar-refractivity contribution < 1.29 is 44.4 Å². The highest BCUT2D eigenvalue weighted by Gasteiger charge is 2.13. The van der Waals surface area contributed by atoms with Gasteiger partial charge in [-0.05, 0) is 6.92 Å². The summed E-state index contributed by atoms with van der Waals surface area (Å²) in [4.78, 5) is 52.3. The molecule has 0 radical (unpaired) electrons. The molecule has 10 nitrogen and oxygen atoms in total. The zero-order valence-electron chi connectivity index (χ0n) is 12.9. The number of amides is 1. The lowest BCUT2D eigenvalue weighted by atomic mass is 10.2. The predicted octanol–water partition coefficient (Wildman–Crippen LogP) is 0.524. The van der Waals surface area contributed by atoms with Gasteiger partial charge in [-0.25, -0.2) is 14.4 Å². The van der Waals surface area contributed by atoms with E-state index in [9.17, 15) is 24.0 Å². The summed E-state index contributed by atoms with van der Waals surface area (Å²) in [5.41, 5.74) is -0.569. The minimum Gasteiger partial charge on any atom is -0.481 e. The molecule has 0 aromatic carbocycles. The molecule has 0 aliphatic carbocycles. The molecule has 0 heterocycles. The first-order valence-corrected chi connectivity index (χ1v) is 6.14. The van der Waals surface area contributed by atoms with Gasteiger partial charge in [-0.2, -0.15) is 0 Å². The Labute approximate surface area is 136 Å². The normalized spacial score (nSPS) is 10.8. The number of hydrogen-bond donors (Lipinski definition) is 4. The highest BCUT2D eigenvalue weighted by atomic mass is 16.4. The number of nitrogens with zero attached hydrogens (tertiary/aromatic N) is 1. The average Bonchev–Trinajstić information content (AvgIpc) is 2.42. The summed E-state index contributed by atoms with van der Waals surface area (Å²) < 4.78 is 0. The molecule has 1 amide bonds. The van der Waals surface area contributed by atoms with E-state index in [1.54, 1.807) is 0 Å². The van der Waals surface area contributed by atoms with Crippen molar-refractivity contribution in [3.8, 4) is 0 Å². The van der Waals surface area contributed by atoms with E-state index in [4.69, 9.17) is 20.4 Å². The molecule has 0 atom stereocenters. The van der Waals surface area contributed by atoms with Gasteiger partial charge in [-0.15, -0.1) is 0 Å². The number of rotatable bonds is 7. The Balaban J connectivity index is 0. The van der Waals surface area contributed by atoms with Crippen LogP contribution in [0.1, 0.15) is 20.3 Å². The van der Waals surface area contributed by atoms with E-state index < -0.39 is 35.9 Å². The Morgan fingerprint density at radius 2 is 1.46 bits per heavy atom. The Morgan fingerprint density at radius 3 is 1.71 bits per heavy atom. The quantitative estimate of drug-likeness (QED) is 0.481. The molecule has 0 saturated heterocycles. The maximum Gasteiger partial charge on any atom is 0.332 e. The summed E-state index contributed by atoms with van der Waals surface area (Å²) in [7, 11) is 0. The zero-order valence-corrected chi connectivity index (χ0v) is 12.9. The topological polar surface area (TPSA) is 170 Å². The summed E-state index contributed by atoms with van der Waals surface area (Å²) in [5, 5.41) is 33.0. The summed E-state index contributed by atoms with van der Waals surface area (Å²) in [5.74, 6) is -5.73. The fourth-order valence-corrected chi connectivity index (χ4v) is 1.04. The first kappa shape index (κ1) is 22.8. The third-order valence-electron chi connectivity index (χ3n) is 2.14. The molecule has 0 aromatic heterocycles. The van der Waals surface area contributed by atoms with E-state index in [0.29, 0.717) is 6.08 Å². The standard InChI is InChI=1S/C8H11NO3.C6H6O6/c1-4-9(7(3)10)5-6(2)8(11)12;7-4(8)1-3(6(11)12)2-5(9)10/h4-5H,1H2,2-3H3,(H,11,12);1H,2H2,(H,7,8)(H,9,10)(H,11,12). The Hall–Kier alpha value is -3.43. The van der Waals surface area contributed by atoms with Crippen molar-refractivity contribution in [1.29, 1.82) is 0 Å². The average molecular weight is 343 g/mol. The molecule has 10 heteroatoms. The van der Waals surface area contributed by atoms with Gasteiger partial charge in [0.05, 0.1) is 17.6 Å². The van der Waals surface area contributed by atoms with Gasteiger partial charge in [0, 0.05) is 25.4 Å². The summed E-state index contributed by atoms with van der Waals surface area (Å²) in [6.07, 6.45) is 2.03. The van der Waals surface area contributed by atoms with Crippen molar-refractivity contribution in [3.63, 3.8) is 0 Å². The highest BCUT2D eigenvalue weighted by molar-refractivity contribution is 5.98. The number of carbonyl (C=O) groups is 5. The van der Waals surface area contributed by atoms with Crippen LogP contribution in [0.15, 0.2) is 36.2 Å². The van der Waals surface area contributed by atoms with Gasteiger partial charge < -0.3 is 20.4 Å². The Morgan fingerprint density at radius 1 is 0.958 bits per heavy atom. The molecule has 0 spiro atoms. The van der Waals surface area contributed by atoms with Crippen molar-refractivity contribution in [1.82, 2.24) is 4.90 Å². The van der Waals surface area contributed by atoms with Crippen LogP contribution in [0.25, 0.3) is 0 Å². The van der Waals surface area contributed by atoms with E-state index in [1.807, 2.05) is 0 Å². The molecule has 0 bridgehead atoms. The second-order valence-corrected chi connectivity index (χ2v) is 4.11. The van der Waals surface area contributed by atoms with Gasteiger partial charge in [-0.1, -0.05) is 6.58 Å². The number of carboxylic acids is 4. The maximum absolute atomic E-state index is 10.8. The van der Waals surface area contributed by atoms with Crippen LogP contribution in [0.5, 0.6) is 0 Å². The number of carbonyl (C=O) groups excluding carboxylic acids is 1. The van der Waals surface area contributed by atoms with Gasteiger partial charge in [0.15, 0.2) is 0 Å². The van der Waals surface area contributed by atoms with Crippen LogP contribution in [0.3, 0.4) is 0 Å². The lowest BCUT2D eigenvalue weighted by molar-refractivity contribution is -0.140. The second-order valence-electron chi connectivity index (χ2n) is 4.11. The van der Waals surface area contributed by atoms with Crippen LogP contribution in [0, 0.1) is 0 Å². The van der Waals surface area contributed by atoms with Crippen LogP contribution < -0.4 is 0 Å². The minimum absolute atomic E-state index is 0.0881. The molecule has 4 N–H and O–H groups in total. The van der Waals surface area contributed by atoms with E-state index >= 15 is 0 Å². The molecule has 0 unspecified atom stereocenters. The monoisotopic (exact) mass is 343 g/mol. The van der Waals surface area contributed by atoms with Crippen molar-refractivity contribution >= 4 is 29.8 Å². The van der Waals surface area contributed by atoms with E-state index in [2.05, 4.69) is 6.58 Å². The van der Waals surface area contributed by atoms with E-state index in [-0.39, 0.29) is 11.5 Å². The lowest BCUT2D eigenvalue weighted by Crippen LogP contribution is -2.17. The first-order chi connectivity index (χ1) is 10.9. The van der Waals surface area contributed by atoms with Gasteiger partial charge >= 0.3 is 23.9 Å². The molecule has 0 rings (SSSR count). The minimum atomic E-state index is -1.54. The molecular formula is C14H17NO9. The van der Waals surface area contributed by atoms with Crippen LogP contribution in [-0.2, 0) is 24.0 Å². The fourth-order valence-electron chi connectivity index (χ4n) is 1.04. The van der Waals surface area contributed by atoms with Gasteiger partial charge in [0.25, 0.3) is 0 Å². The first-order valence-electron chi connectivity index (χ1n) is 6.14. The second kappa shape index (κ2) is 11.2. The van der Waals surface area contributed by atoms with Crippen molar-refractivity contribution in [2.24, 2.45) is 0 Å². The lowest BCUT2D eigenvalue weighted by Gasteiger charge is -2.09. The Bertz CT molecular complexity index is 601. The van der Waals surface area contributed by atoms with Gasteiger partial charge in [0.1, 0.15) is 0 Å². The molecule has 132 valence electrons. The molecule has 0 saturated carbocycles. The van der Waals surface area contributed by atoms with Crippen LogP contribution in [0.2, 0.25) is 0 Å². The number of aliphatic carboxylic acids is 4. The zero-order chi connectivity index (χ0) is 19.4. The van der Waals surface area contributed by atoms with Crippen molar-refractivity contribution in [3.05, 3.63) is 36.2 Å². The Kier molecular flexibility index (Phi) is 10.6. The van der Waals surface area contributed by atoms with Crippen LogP contribution >= 0.6 is 0 Å². The molecule has 0 aliphatic heterocycles. The molecule has 0 aliphatic rings. The fraction of sp³-hybridized carbons (Fsp3) is 0.214. The third kappa shape index (κ3) is 11.3. The largest absolute Gasteiger partial charge is 0.481 e. The van der Waals surface area contributed by atoms with E-state index in [0.717, 1.165) is 4.90 Å². The van der Waals surface area contributed by atoms with Crippen molar-refractivity contribution in [2.45, 2.75) is 20.3 Å². The maximum atomic E-state index is 10.8.